The zero-order valence-electron chi connectivity index (χ0n) is 21.1. The van der Waals surface area contributed by atoms with Gasteiger partial charge in [-0.25, -0.2) is 0 Å². The minimum atomic E-state index is -0.961. The molecule has 0 radical (unpaired) electrons. The molecule has 0 N–H and O–H groups in total. The summed E-state index contributed by atoms with van der Waals surface area (Å²) in [5.74, 6) is 0.591. The average molecular weight is 525 g/mol. The molecule has 0 saturated carbocycles. The number of ether oxygens (including phenoxy) is 2. The van der Waals surface area contributed by atoms with Crippen molar-refractivity contribution in [1.29, 1.82) is 0 Å². The molecular weight excluding hydrogens is 492 g/mol. The molecule has 0 aliphatic carbocycles. The molecule has 0 bridgehead atoms. The van der Waals surface area contributed by atoms with Crippen molar-refractivity contribution in [3.63, 3.8) is 0 Å². The lowest BCUT2D eigenvalue weighted by Gasteiger charge is -2.42. The van der Waals surface area contributed by atoms with Crippen LogP contribution in [0.4, 0.5) is 0 Å². The molecule has 9 heteroatoms. The van der Waals surface area contributed by atoms with Gasteiger partial charge < -0.3 is 19.3 Å². The van der Waals surface area contributed by atoms with E-state index in [0.29, 0.717) is 49.9 Å². The molecule has 2 aromatic carbocycles. The molecule has 37 heavy (non-hydrogen) atoms. The van der Waals surface area contributed by atoms with E-state index in [1.807, 2.05) is 47.3 Å². The van der Waals surface area contributed by atoms with E-state index in [-0.39, 0.29) is 31.4 Å². The minimum absolute atomic E-state index is 0.0383. The Labute approximate surface area is 222 Å². The summed E-state index contributed by atoms with van der Waals surface area (Å²) < 4.78 is 14.1. The first kappa shape index (κ1) is 26.7. The molecule has 1 saturated heterocycles. The molecule has 196 valence electrons. The number of nitrogens with zero attached hydrogens (tertiary/aromatic N) is 4. The number of amides is 2. The quantitative estimate of drug-likeness (QED) is 0.378. The largest absolute Gasteiger partial charge is 0.490 e. The second kappa shape index (κ2) is 12.7. The third-order valence-electron chi connectivity index (χ3n) is 6.42. The van der Waals surface area contributed by atoms with E-state index < -0.39 is 5.60 Å². The van der Waals surface area contributed by atoms with Crippen molar-refractivity contribution in [2.45, 2.75) is 38.0 Å². The fourth-order valence-corrected chi connectivity index (χ4v) is 4.51. The van der Waals surface area contributed by atoms with Gasteiger partial charge in [-0.2, -0.15) is 5.10 Å². The van der Waals surface area contributed by atoms with Gasteiger partial charge in [0.25, 0.3) is 0 Å². The number of aryl methyl sites for hydroxylation is 1. The SMILES string of the molecule is CN(Cc1ccccc1)C(=O)C[C@@]1(COc2ccc(Cl)cc2)CN(C(=O)CCCn2cccn2)CCO1. The summed E-state index contributed by atoms with van der Waals surface area (Å²) >= 11 is 6.01. The van der Waals surface area contributed by atoms with Crippen LogP contribution in [-0.2, 0) is 27.4 Å². The van der Waals surface area contributed by atoms with E-state index in [4.69, 9.17) is 21.1 Å². The van der Waals surface area contributed by atoms with Crippen molar-refractivity contribution in [2.24, 2.45) is 0 Å². The summed E-state index contributed by atoms with van der Waals surface area (Å²) in [5.41, 5.74) is 0.0840. The first-order chi connectivity index (χ1) is 17.9. The van der Waals surface area contributed by atoms with Gasteiger partial charge in [0, 0.05) is 50.5 Å². The Hall–Kier alpha value is -3.36. The number of rotatable bonds is 11. The third-order valence-corrected chi connectivity index (χ3v) is 6.67. The molecule has 2 heterocycles. The summed E-state index contributed by atoms with van der Waals surface area (Å²) in [6, 6.07) is 18.8. The Kier molecular flexibility index (Phi) is 9.19. The predicted molar refractivity (Wildman–Crippen MR) is 141 cm³/mol. The van der Waals surface area contributed by atoms with Crippen molar-refractivity contribution in [3.8, 4) is 5.75 Å². The van der Waals surface area contributed by atoms with Crippen molar-refractivity contribution < 1.29 is 19.1 Å². The van der Waals surface area contributed by atoms with Crippen molar-refractivity contribution in [2.75, 3.05) is 33.4 Å². The summed E-state index contributed by atoms with van der Waals surface area (Å²) in [6.45, 7) is 2.41. The summed E-state index contributed by atoms with van der Waals surface area (Å²) in [5, 5.41) is 4.80. The van der Waals surface area contributed by atoms with Crippen LogP contribution >= 0.6 is 11.6 Å². The van der Waals surface area contributed by atoms with Gasteiger partial charge in [-0.3, -0.25) is 14.3 Å². The number of benzene rings is 2. The highest BCUT2D eigenvalue weighted by molar-refractivity contribution is 6.30. The van der Waals surface area contributed by atoms with Gasteiger partial charge in [0.15, 0.2) is 0 Å². The summed E-state index contributed by atoms with van der Waals surface area (Å²) in [7, 11) is 1.78. The molecule has 1 fully saturated rings. The number of hydrogen-bond donors (Lipinski definition) is 0. The Morgan fingerprint density at radius 2 is 1.92 bits per heavy atom. The van der Waals surface area contributed by atoms with Gasteiger partial charge in [-0.1, -0.05) is 41.9 Å². The number of hydrogen-bond acceptors (Lipinski definition) is 5. The Balaban J connectivity index is 1.42. The van der Waals surface area contributed by atoms with Crippen LogP contribution in [0.1, 0.15) is 24.8 Å². The Morgan fingerprint density at radius 1 is 1.14 bits per heavy atom. The topological polar surface area (TPSA) is 76.9 Å². The fraction of sp³-hybridized carbons (Fsp3) is 0.393. The van der Waals surface area contributed by atoms with E-state index in [1.54, 1.807) is 47.3 Å². The lowest BCUT2D eigenvalue weighted by atomic mass is 9.96. The Bertz CT molecular complexity index is 1140. The molecule has 1 aromatic heterocycles. The summed E-state index contributed by atoms with van der Waals surface area (Å²) in [4.78, 5) is 29.9. The molecule has 3 aromatic rings. The lowest BCUT2D eigenvalue weighted by molar-refractivity contribution is -0.165. The molecule has 1 aliphatic rings. The van der Waals surface area contributed by atoms with Crippen LogP contribution in [0, 0.1) is 0 Å². The van der Waals surface area contributed by atoms with Crippen LogP contribution < -0.4 is 4.74 Å². The van der Waals surface area contributed by atoms with Crippen LogP contribution in [0.25, 0.3) is 0 Å². The van der Waals surface area contributed by atoms with Crippen molar-refractivity contribution >= 4 is 23.4 Å². The highest BCUT2D eigenvalue weighted by Crippen LogP contribution is 2.27. The van der Waals surface area contributed by atoms with Crippen molar-refractivity contribution in [3.05, 3.63) is 83.6 Å². The van der Waals surface area contributed by atoms with E-state index in [0.717, 1.165) is 5.56 Å². The van der Waals surface area contributed by atoms with Gasteiger partial charge >= 0.3 is 0 Å². The maximum atomic E-state index is 13.3. The third kappa shape index (κ3) is 7.81. The maximum Gasteiger partial charge on any atom is 0.225 e. The highest BCUT2D eigenvalue weighted by atomic mass is 35.5. The molecule has 0 unspecified atom stereocenters. The van der Waals surface area contributed by atoms with E-state index in [2.05, 4.69) is 5.10 Å². The maximum absolute atomic E-state index is 13.3. The standard InChI is InChI=1S/C28H33ClN4O4/c1-31(20-23-7-3-2-4-8-23)27(35)19-28(22-36-25-12-10-24(29)11-13-25)21-32(17-18-37-28)26(34)9-5-15-33-16-6-14-30-33/h2-4,6-8,10-14,16H,5,9,15,17-22H2,1H3/t28-/m0/s1. The van der Waals surface area contributed by atoms with Crippen LogP contribution in [-0.4, -0.2) is 70.3 Å². The van der Waals surface area contributed by atoms with E-state index in [1.165, 1.54) is 0 Å². The molecule has 1 atom stereocenters. The predicted octanol–water partition coefficient (Wildman–Crippen LogP) is 4.04. The van der Waals surface area contributed by atoms with Gasteiger partial charge in [-0.15, -0.1) is 0 Å². The second-order valence-electron chi connectivity index (χ2n) is 9.37. The summed E-state index contributed by atoms with van der Waals surface area (Å²) in [6.07, 6.45) is 4.79. The normalized spacial score (nSPS) is 17.4. The van der Waals surface area contributed by atoms with Gasteiger partial charge in [0.05, 0.1) is 19.6 Å². The highest BCUT2D eigenvalue weighted by Gasteiger charge is 2.42. The molecule has 0 spiro atoms. The van der Waals surface area contributed by atoms with Crippen LogP contribution in [0.3, 0.4) is 0 Å². The zero-order chi connectivity index (χ0) is 26.1. The van der Waals surface area contributed by atoms with E-state index in [9.17, 15) is 9.59 Å². The van der Waals surface area contributed by atoms with Crippen LogP contribution in [0.15, 0.2) is 73.1 Å². The van der Waals surface area contributed by atoms with Gasteiger partial charge in [0.2, 0.25) is 11.8 Å². The first-order valence-corrected chi connectivity index (χ1v) is 12.9. The number of aromatic nitrogens is 2. The second-order valence-corrected chi connectivity index (χ2v) is 9.81. The molecule has 8 nitrogen and oxygen atoms in total. The number of halogens is 1. The van der Waals surface area contributed by atoms with Crippen molar-refractivity contribution in [1.82, 2.24) is 19.6 Å². The molecule has 2 amide bonds. The number of carbonyl (C=O) groups excluding carboxylic acids is 2. The smallest absolute Gasteiger partial charge is 0.225 e. The van der Waals surface area contributed by atoms with Crippen LogP contribution in [0.5, 0.6) is 5.75 Å². The Morgan fingerprint density at radius 3 is 2.65 bits per heavy atom. The lowest BCUT2D eigenvalue weighted by Crippen LogP contribution is -2.58. The molecule has 4 rings (SSSR count). The van der Waals surface area contributed by atoms with Gasteiger partial charge in [0.1, 0.15) is 18.0 Å². The van der Waals surface area contributed by atoms with Gasteiger partial charge in [-0.05, 0) is 42.3 Å². The molecular formula is C28H33ClN4O4. The number of carbonyl (C=O) groups is 2. The fourth-order valence-electron chi connectivity index (χ4n) is 4.39. The van der Waals surface area contributed by atoms with Crippen LogP contribution in [0.2, 0.25) is 5.02 Å². The molecule has 1 aliphatic heterocycles. The first-order valence-electron chi connectivity index (χ1n) is 12.5. The minimum Gasteiger partial charge on any atom is -0.490 e. The number of morpholine rings is 1. The monoisotopic (exact) mass is 524 g/mol. The van der Waals surface area contributed by atoms with E-state index >= 15 is 0 Å². The average Bonchev–Trinajstić information content (AvgIpc) is 3.43. The zero-order valence-corrected chi connectivity index (χ0v) is 21.8.